The molecule has 1 heterocycles. The summed E-state index contributed by atoms with van der Waals surface area (Å²) in [4.78, 5) is 81.3. The molecule has 16 heteroatoms. The van der Waals surface area contributed by atoms with Crippen molar-refractivity contribution in [1.82, 2.24) is 20.9 Å². The molecule has 3 rings (SSSR count). The molecule has 1 atom stereocenters. The highest BCUT2D eigenvalue weighted by Gasteiger charge is 2.40. The minimum Gasteiger partial charge on any atom is -0.507 e. The molecule has 0 radical (unpaired) electrons. The monoisotopic (exact) mass is 972 g/mol. The summed E-state index contributed by atoms with van der Waals surface area (Å²) in [5, 5.41) is 18.3. The lowest BCUT2D eigenvalue weighted by Crippen LogP contribution is -2.49. The van der Waals surface area contributed by atoms with E-state index in [1.54, 1.807) is 44.2 Å². The number of phenols is 1. The number of phenolic OH excluding ortho intramolecular Hbond substituents is 1. The molecule has 368 valence electrons. The molecule has 0 saturated carbocycles. The van der Waals surface area contributed by atoms with Gasteiger partial charge in [-0.25, -0.2) is 9.59 Å². The van der Waals surface area contributed by atoms with E-state index in [0.29, 0.717) is 31.0 Å². The summed E-state index contributed by atoms with van der Waals surface area (Å²) in [6.07, 6.45) is 25.0. The second-order valence-corrected chi connectivity index (χ2v) is 19.0. The van der Waals surface area contributed by atoms with Gasteiger partial charge in [0.15, 0.2) is 6.10 Å². The second kappa shape index (κ2) is 33.6. The van der Waals surface area contributed by atoms with Gasteiger partial charge < -0.3 is 35.3 Å². The van der Waals surface area contributed by atoms with Crippen LogP contribution in [-0.2, 0) is 23.9 Å². The zero-order valence-electron chi connectivity index (χ0n) is 39.6. The molecule has 0 aliphatic carbocycles. The van der Waals surface area contributed by atoms with Gasteiger partial charge in [-0.15, -0.1) is 0 Å². The van der Waals surface area contributed by atoms with Crippen LogP contribution in [0.3, 0.4) is 0 Å². The number of unbranched alkanes of at least 4 members (excludes halogenated alkanes) is 6. The number of esters is 3. The highest BCUT2D eigenvalue weighted by atomic mass is 33.1. The number of hydrogen-bond donors (Lipinski definition) is 4. The maximum atomic E-state index is 13.5. The van der Waals surface area contributed by atoms with Gasteiger partial charge in [0.2, 0.25) is 5.91 Å². The number of allylic oxidation sites excluding steroid dienone is 6. The maximum Gasteiger partial charge on any atom is 0.347 e. The average molecular weight is 973 g/mol. The van der Waals surface area contributed by atoms with Gasteiger partial charge in [-0.3, -0.25) is 24.2 Å². The highest BCUT2D eigenvalue weighted by Crippen LogP contribution is 2.27. The Balaban J connectivity index is 1.32. The first-order valence-corrected chi connectivity index (χ1v) is 25.8. The molecular weight excluding hydrogens is 905 g/mol. The number of carbonyl (C=O) groups excluding carboxylic acids is 6. The Hall–Kier alpha value is -5.87. The number of carbonyl (C=O) groups is 6. The first-order chi connectivity index (χ1) is 32.9. The lowest BCUT2D eigenvalue weighted by molar-refractivity contribution is -0.153. The summed E-state index contributed by atoms with van der Waals surface area (Å²) in [5.41, 5.74) is -0.802. The Morgan fingerprint density at radius 3 is 2.06 bits per heavy atom. The van der Waals surface area contributed by atoms with E-state index < -0.39 is 35.3 Å². The molecule has 3 aromatic rings. The third-order valence-corrected chi connectivity index (χ3v) is 12.5. The largest absolute Gasteiger partial charge is 0.507 e. The van der Waals surface area contributed by atoms with E-state index in [1.807, 2.05) is 0 Å². The van der Waals surface area contributed by atoms with E-state index >= 15 is 0 Å². The van der Waals surface area contributed by atoms with Crippen LogP contribution in [0.4, 0.5) is 0 Å². The molecule has 4 N–H and O–H groups in total. The predicted molar refractivity (Wildman–Crippen MR) is 269 cm³/mol. The van der Waals surface area contributed by atoms with Gasteiger partial charge in [-0.2, -0.15) is 0 Å². The number of ether oxygens (including phenoxy) is 3. The number of nitrogens with one attached hydrogen (secondary N) is 3. The number of nitrogens with zero attached hydrogens (tertiary/aromatic N) is 1. The van der Waals surface area contributed by atoms with Crippen LogP contribution in [-0.4, -0.2) is 89.6 Å². The van der Waals surface area contributed by atoms with Crippen LogP contribution in [0.5, 0.6) is 11.5 Å². The number of hydrogen-bond acceptors (Lipinski definition) is 13. The quantitative estimate of drug-likeness (QED) is 0.0148. The van der Waals surface area contributed by atoms with E-state index in [4.69, 9.17) is 14.2 Å². The van der Waals surface area contributed by atoms with Gasteiger partial charge in [0.05, 0.1) is 11.1 Å². The molecule has 0 saturated heterocycles. The Morgan fingerprint density at radius 2 is 1.35 bits per heavy atom. The Labute approximate surface area is 409 Å². The van der Waals surface area contributed by atoms with Crippen LogP contribution in [0.25, 0.3) is 0 Å². The zero-order chi connectivity index (χ0) is 49.2. The number of aromatic nitrogens is 1. The van der Waals surface area contributed by atoms with Crippen molar-refractivity contribution < 1.29 is 48.1 Å². The minimum absolute atomic E-state index is 0.0194. The first kappa shape index (κ1) is 56.5. The van der Waals surface area contributed by atoms with E-state index in [2.05, 4.69) is 64.3 Å². The second-order valence-electron chi connectivity index (χ2n) is 16.3. The molecule has 0 fully saturated rings. The first-order valence-electron chi connectivity index (χ1n) is 23.3. The molecule has 14 nitrogen and oxygen atoms in total. The summed E-state index contributed by atoms with van der Waals surface area (Å²) >= 11 is 0. The molecule has 0 bridgehead atoms. The van der Waals surface area contributed by atoms with E-state index in [0.717, 1.165) is 57.8 Å². The molecular formula is C52H68N4O10S2. The molecule has 3 amide bonds. The van der Waals surface area contributed by atoms with Gasteiger partial charge in [-0.1, -0.05) is 129 Å². The fourth-order valence-corrected chi connectivity index (χ4v) is 8.20. The fourth-order valence-electron chi connectivity index (χ4n) is 6.38. The minimum atomic E-state index is -1.34. The number of rotatable bonds is 33. The van der Waals surface area contributed by atoms with Crippen LogP contribution >= 0.6 is 21.6 Å². The number of benzene rings is 2. The smallest absolute Gasteiger partial charge is 0.347 e. The van der Waals surface area contributed by atoms with Crippen LogP contribution < -0.4 is 20.7 Å². The Morgan fingerprint density at radius 1 is 0.706 bits per heavy atom. The lowest BCUT2D eigenvalue weighted by atomic mass is 9.86. The summed E-state index contributed by atoms with van der Waals surface area (Å²) in [7, 11) is 3.01. The van der Waals surface area contributed by atoms with Gasteiger partial charge in [-0.05, 0) is 74.9 Å². The van der Waals surface area contributed by atoms with Crippen molar-refractivity contribution in [3.8, 4) is 11.5 Å². The van der Waals surface area contributed by atoms with Crippen LogP contribution in [0.2, 0.25) is 0 Å². The van der Waals surface area contributed by atoms with Crippen molar-refractivity contribution in [1.29, 1.82) is 0 Å². The van der Waals surface area contributed by atoms with Crippen molar-refractivity contribution in [2.45, 2.75) is 104 Å². The van der Waals surface area contributed by atoms with Crippen molar-refractivity contribution in [3.63, 3.8) is 0 Å². The average Bonchev–Trinajstić information content (AvgIpc) is 3.33. The van der Waals surface area contributed by atoms with Crippen LogP contribution in [0.15, 0.2) is 110 Å². The zero-order valence-corrected chi connectivity index (χ0v) is 41.2. The highest BCUT2D eigenvalue weighted by molar-refractivity contribution is 8.76. The molecule has 0 aliphatic rings. The van der Waals surface area contributed by atoms with Gasteiger partial charge in [0.25, 0.3) is 11.8 Å². The standard InChI is InChI=1S/C52H68N4O10S2/c1-4-5-6-7-8-9-10-11-12-13-14-15-16-17-18-19-30-46(59)64-39-52(2,3)47(66-50(62)40-25-24-32-53-38-40)49(61)55-33-31-45(58)54-34-36-67-68-37-35-56-48(60)42-27-21-23-29-44(42)65-51(63)41-26-20-22-28-43(41)57/h5-6,8-9,11-12,20-29,32,38,47,57H,4,7,10,13-19,30-31,33-37,39H2,1-3H3,(H,54,58)(H,55,61)(H,56,60). The Bertz CT molecular complexity index is 2110. The number of aromatic hydroxyl groups is 1. The van der Waals surface area contributed by atoms with Crippen molar-refractivity contribution in [2.75, 3.05) is 37.7 Å². The van der Waals surface area contributed by atoms with Gasteiger partial charge >= 0.3 is 17.9 Å². The molecule has 1 aromatic heterocycles. The van der Waals surface area contributed by atoms with Gasteiger partial charge in [0, 0.05) is 61.8 Å². The molecule has 0 spiro atoms. The van der Waals surface area contributed by atoms with Crippen molar-refractivity contribution in [2.24, 2.45) is 5.41 Å². The molecule has 68 heavy (non-hydrogen) atoms. The third kappa shape index (κ3) is 23.2. The van der Waals surface area contributed by atoms with E-state index in [-0.39, 0.29) is 66.1 Å². The SMILES string of the molecule is CCC=CCC=CCC=CCCCCCCCCC(=O)OCC(C)(C)C(OC(=O)c1cccnc1)C(=O)NCCC(=O)NCCSSCCNC(=O)c1ccccc1OC(=O)c1ccccc1O. The summed E-state index contributed by atoms with van der Waals surface area (Å²) in [6, 6.07) is 15.4. The van der Waals surface area contributed by atoms with E-state index in [9.17, 15) is 33.9 Å². The van der Waals surface area contributed by atoms with Gasteiger partial charge in [0.1, 0.15) is 23.7 Å². The van der Waals surface area contributed by atoms with Crippen molar-refractivity contribution in [3.05, 3.63) is 126 Å². The summed E-state index contributed by atoms with van der Waals surface area (Å²) < 4.78 is 16.7. The molecule has 0 aliphatic heterocycles. The number of amides is 3. The topological polar surface area (TPSA) is 199 Å². The van der Waals surface area contributed by atoms with Crippen LogP contribution in [0.1, 0.15) is 129 Å². The molecule has 2 aromatic carbocycles. The third-order valence-electron chi connectivity index (χ3n) is 10.1. The number of pyridine rings is 1. The molecule has 1 unspecified atom stereocenters. The number of para-hydroxylation sites is 2. The predicted octanol–water partition coefficient (Wildman–Crippen LogP) is 9.51. The van der Waals surface area contributed by atoms with Crippen molar-refractivity contribution >= 4 is 57.2 Å². The van der Waals surface area contributed by atoms with E-state index in [1.165, 1.54) is 64.3 Å². The van der Waals surface area contributed by atoms with Crippen LogP contribution in [0, 0.1) is 5.41 Å². The maximum absolute atomic E-state index is 13.5. The lowest BCUT2D eigenvalue weighted by Gasteiger charge is -2.32. The summed E-state index contributed by atoms with van der Waals surface area (Å²) in [6.45, 7) is 5.99. The Kier molecular flexibility index (Phi) is 27.9. The normalized spacial score (nSPS) is 11.9. The summed E-state index contributed by atoms with van der Waals surface area (Å²) in [5.74, 6) is -2.30. The fraction of sp³-hybridized carbons (Fsp3) is 0.442.